The lowest BCUT2D eigenvalue weighted by molar-refractivity contribution is -0.137. The van der Waals surface area contributed by atoms with Crippen molar-refractivity contribution in [1.82, 2.24) is 5.06 Å². The van der Waals surface area contributed by atoms with Crippen molar-refractivity contribution < 1.29 is 4.84 Å². The SMILES string of the molecule is CCCCC1=NC2(CCCC2)CON1Cc1ccc(Br)c(CC)c1. The highest BCUT2D eigenvalue weighted by Crippen LogP contribution is 2.37. The molecule has 0 radical (unpaired) electrons. The Labute approximate surface area is 154 Å². The third-order valence-corrected chi connectivity index (χ3v) is 6.02. The van der Waals surface area contributed by atoms with Crippen molar-refractivity contribution in [2.45, 2.75) is 77.3 Å². The zero-order chi connectivity index (χ0) is 17.0. The molecule has 0 N–H and O–H groups in total. The summed E-state index contributed by atoms with van der Waals surface area (Å²) in [5.74, 6) is 1.16. The van der Waals surface area contributed by atoms with Gasteiger partial charge in [-0.3, -0.25) is 9.83 Å². The molecule has 1 spiro atoms. The molecule has 1 saturated carbocycles. The van der Waals surface area contributed by atoms with Crippen LogP contribution in [-0.4, -0.2) is 23.0 Å². The molecule has 1 heterocycles. The Bertz CT molecular complexity index is 593. The van der Waals surface area contributed by atoms with Gasteiger partial charge in [0.05, 0.1) is 12.1 Å². The molecule has 132 valence electrons. The predicted molar refractivity (Wildman–Crippen MR) is 103 cm³/mol. The van der Waals surface area contributed by atoms with Crippen molar-refractivity contribution in [2.75, 3.05) is 6.61 Å². The fourth-order valence-corrected chi connectivity index (χ4v) is 4.27. The van der Waals surface area contributed by atoms with Crippen molar-refractivity contribution in [3.63, 3.8) is 0 Å². The van der Waals surface area contributed by atoms with Crippen LogP contribution >= 0.6 is 15.9 Å². The highest BCUT2D eigenvalue weighted by molar-refractivity contribution is 9.10. The number of unbranched alkanes of at least 4 members (excludes halogenated alkanes) is 1. The Hall–Kier alpha value is -0.870. The number of benzene rings is 1. The number of hydroxylamine groups is 2. The van der Waals surface area contributed by atoms with Gasteiger partial charge in [-0.15, -0.1) is 0 Å². The molecule has 1 fully saturated rings. The topological polar surface area (TPSA) is 24.8 Å². The number of hydrogen-bond acceptors (Lipinski definition) is 3. The summed E-state index contributed by atoms with van der Waals surface area (Å²) in [6.07, 6.45) is 9.39. The van der Waals surface area contributed by atoms with Crippen molar-refractivity contribution in [1.29, 1.82) is 0 Å². The highest BCUT2D eigenvalue weighted by atomic mass is 79.9. The molecule has 2 aliphatic rings. The quantitative estimate of drug-likeness (QED) is 0.623. The smallest absolute Gasteiger partial charge is 0.124 e. The monoisotopic (exact) mass is 392 g/mol. The van der Waals surface area contributed by atoms with E-state index < -0.39 is 0 Å². The molecule has 0 amide bonds. The number of halogens is 1. The summed E-state index contributed by atoms with van der Waals surface area (Å²) in [6, 6.07) is 6.62. The minimum atomic E-state index is 0.0773. The first-order valence-electron chi connectivity index (χ1n) is 9.42. The van der Waals surface area contributed by atoms with E-state index >= 15 is 0 Å². The lowest BCUT2D eigenvalue weighted by Crippen LogP contribution is -2.45. The van der Waals surface area contributed by atoms with Crippen molar-refractivity contribution >= 4 is 21.8 Å². The van der Waals surface area contributed by atoms with Crippen LogP contribution in [0.2, 0.25) is 0 Å². The molecule has 1 aliphatic carbocycles. The van der Waals surface area contributed by atoms with Crippen molar-refractivity contribution in [2.24, 2.45) is 4.99 Å². The Morgan fingerprint density at radius 3 is 2.75 bits per heavy atom. The van der Waals surface area contributed by atoms with Crippen LogP contribution in [0.3, 0.4) is 0 Å². The molecular weight excluding hydrogens is 364 g/mol. The Morgan fingerprint density at radius 2 is 2.04 bits per heavy atom. The van der Waals surface area contributed by atoms with E-state index in [2.05, 4.69) is 53.0 Å². The van der Waals surface area contributed by atoms with E-state index in [1.165, 1.54) is 54.1 Å². The maximum atomic E-state index is 6.22. The zero-order valence-corrected chi connectivity index (χ0v) is 16.6. The molecule has 1 aromatic rings. The number of aryl methyl sites for hydroxylation is 1. The Morgan fingerprint density at radius 1 is 1.25 bits per heavy atom. The van der Waals surface area contributed by atoms with Gasteiger partial charge < -0.3 is 0 Å². The van der Waals surface area contributed by atoms with Crippen LogP contribution in [0.15, 0.2) is 27.7 Å². The van der Waals surface area contributed by atoms with Gasteiger partial charge in [-0.05, 0) is 42.9 Å². The molecule has 3 nitrogen and oxygen atoms in total. The van der Waals surface area contributed by atoms with E-state index in [-0.39, 0.29) is 5.54 Å². The lowest BCUT2D eigenvalue weighted by Gasteiger charge is -2.37. The molecular formula is C20H29BrN2O. The van der Waals surface area contributed by atoms with E-state index in [0.717, 1.165) is 31.8 Å². The molecule has 1 aliphatic heterocycles. The summed E-state index contributed by atoms with van der Waals surface area (Å²) in [6.45, 7) is 5.97. The zero-order valence-electron chi connectivity index (χ0n) is 15.0. The molecule has 0 saturated heterocycles. The molecule has 0 aromatic heterocycles. The number of rotatable bonds is 6. The van der Waals surface area contributed by atoms with Gasteiger partial charge in [0.15, 0.2) is 0 Å². The molecule has 0 unspecified atom stereocenters. The van der Waals surface area contributed by atoms with E-state index in [1.807, 2.05) is 0 Å². The van der Waals surface area contributed by atoms with Crippen molar-refractivity contribution in [3.8, 4) is 0 Å². The van der Waals surface area contributed by atoms with Crippen LogP contribution in [0, 0.1) is 0 Å². The van der Waals surface area contributed by atoms with Gasteiger partial charge in [0.25, 0.3) is 0 Å². The minimum Gasteiger partial charge on any atom is -0.269 e. The molecule has 4 heteroatoms. The average molecular weight is 393 g/mol. The predicted octanol–water partition coefficient (Wildman–Crippen LogP) is 5.66. The summed E-state index contributed by atoms with van der Waals surface area (Å²) in [5, 5.41) is 2.06. The van der Waals surface area contributed by atoms with E-state index in [1.54, 1.807) is 0 Å². The van der Waals surface area contributed by atoms with E-state index in [0.29, 0.717) is 0 Å². The van der Waals surface area contributed by atoms with Gasteiger partial charge in [0, 0.05) is 10.9 Å². The van der Waals surface area contributed by atoms with E-state index in [9.17, 15) is 0 Å². The van der Waals surface area contributed by atoms with Crippen LogP contribution in [0.5, 0.6) is 0 Å². The summed E-state index contributed by atoms with van der Waals surface area (Å²) in [7, 11) is 0. The number of nitrogens with zero attached hydrogens (tertiary/aromatic N) is 2. The maximum Gasteiger partial charge on any atom is 0.124 e. The second kappa shape index (κ2) is 8.01. The Kier molecular flexibility index (Phi) is 5.98. The number of aliphatic imine (C=N–C) groups is 1. The first-order chi connectivity index (χ1) is 11.7. The van der Waals surface area contributed by atoms with Gasteiger partial charge in [0.2, 0.25) is 0 Å². The van der Waals surface area contributed by atoms with Gasteiger partial charge in [0.1, 0.15) is 12.4 Å². The third kappa shape index (κ3) is 4.02. The second-order valence-corrected chi connectivity index (χ2v) is 8.01. The second-order valence-electron chi connectivity index (χ2n) is 7.15. The minimum absolute atomic E-state index is 0.0773. The third-order valence-electron chi connectivity index (χ3n) is 5.25. The first-order valence-corrected chi connectivity index (χ1v) is 10.2. The first kappa shape index (κ1) is 17.9. The lowest BCUT2D eigenvalue weighted by atomic mass is 9.99. The Balaban J connectivity index is 1.78. The highest BCUT2D eigenvalue weighted by Gasteiger charge is 2.38. The van der Waals surface area contributed by atoms with Crippen LogP contribution in [0.1, 0.15) is 69.9 Å². The van der Waals surface area contributed by atoms with Gasteiger partial charge in [-0.2, -0.15) is 0 Å². The summed E-state index contributed by atoms with van der Waals surface area (Å²) in [5.41, 5.74) is 2.72. The van der Waals surface area contributed by atoms with Crippen LogP contribution in [0.25, 0.3) is 0 Å². The molecule has 24 heavy (non-hydrogen) atoms. The maximum absolute atomic E-state index is 6.22. The summed E-state index contributed by atoms with van der Waals surface area (Å²) in [4.78, 5) is 11.4. The molecule has 3 rings (SSSR count). The average Bonchev–Trinajstić information content (AvgIpc) is 3.05. The molecule has 0 atom stereocenters. The summed E-state index contributed by atoms with van der Waals surface area (Å²) >= 11 is 3.63. The van der Waals surface area contributed by atoms with Crippen LogP contribution < -0.4 is 0 Å². The fraction of sp³-hybridized carbons (Fsp3) is 0.650. The van der Waals surface area contributed by atoms with Gasteiger partial charge in [-0.1, -0.05) is 61.2 Å². The standard InChI is InChI=1S/C20H29BrN2O/c1-3-5-8-19-22-20(11-6-7-12-20)15-24-23(19)14-16-9-10-18(21)17(4-2)13-16/h9-10,13H,3-8,11-12,14-15H2,1-2H3. The fourth-order valence-electron chi connectivity index (χ4n) is 3.74. The number of hydrogen-bond donors (Lipinski definition) is 0. The molecule has 1 aromatic carbocycles. The summed E-state index contributed by atoms with van der Waals surface area (Å²) < 4.78 is 1.19. The molecule has 0 bridgehead atoms. The van der Waals surface area contributed by atoms with Gasteiger partial charge in [-0.25, -0.2) is 5.06 Å². The van der Waals surface area contributed by atoms with E-state index in [4.69, 9.17) is 9.83 Å². The largest absolute Gasteiger partial charge is 0.269 e. The van der Waals surface area contributed by atoms with Crippen LogP contribution in [0.4, 0.5) is 0 Å². The van der Waals surface area contributed by atoms with Crippen LogP contribution in [-0.2, 0) is 17.8 Å². The normalized spacial score (nSPS) is 19.8. The van der Waals surface area contributed by atoms with Crippen molar-refractivity contribution in [3.05, 3.63) is 33.8 Å². The van der Waals surface area contributed by atoms with Gasteiger partial charge >= 0.3 is 0 Å². The number of amidine groups is 1.